The minimum Gasteiger partial charge on any atom is -0.464 e. The van der Waals surface area contributed by atoms with Crippen molar-refractivity contribution in [1.29, 1.82) is 0 Å². The lowest BCUT2D eigenvalue weighted by molar-refractivity contribution is -0.136. The quantitative estimate of drug-likeness (QED) is 0.593. The van der Waals surface area contributed by atoms with Gasteiger partial charge in [0.15, 0.2) is 0 Å². The molecular weight excluding hydrogens is 152 g/mol. The van der Waals surface area contributed by atoms with E-state index in [1.807, 2.05) is 0 Å². The Bertz CT molecular complexity index is 128. The summed E-state index contributed by atoms with van der Waals surface area (Å²) in [6.07, 6.45) is 7.46. The third-order valence-electron chi connectivity index (χ3n) is 2.73. The lowest BCUT2D eigenvalue weighted by Crippen LogP contribution is -2.21. The summed E-state index contributed by atoms with van der Waals surface area (Å²) in [6, 6.07) is 0. The molecule has 0 amide bonds. The number of carbonyl (C=O) groups is 1. The largest absolute Gasteiger partial charge is 0.464 e. The first-order valence-electron chi connectivity index (χ1n) is 4.97. The van der Waals surface area contributed by atoms with Crippen LogP contribution in [-0.4, -0.2) is 12.6 Å². The van der Waals surface area contributed by atoms with Gasteiger partial charge in [0, 0.05) is 0 Å². The summed E-state index contributed by atoms with van der Waals surface area (Å²) in [4.78, 5) is 10.2. The van der Waals surface area contributed by atoms with E-state index in [1.165, 1.54) is 25.7 Å². The van der Waals surface area contributed by atoms with Gasteiger partial charge in [0.2, 0.25) is 0 Å². The van der Waals surface area contributed by atoms with Gasteiger partial charge in [-0.15, -0.1) is 0 Å². The standard InChI is InChI=1S/C10H18O2/c1-2-5-10(12-8-11)9-6-3-4-7-9/h8-10H,2-7H2,1H3. The lowest BCUT2D eigenvalue weighted by atomic mass is 9.97. The zero-order chi connectivity index (χ0) is 8.81. The van der Waals surface area contributed by atoms with Crippen molar-refractivity contribution >= 4 is 6.47 Å². The third kappa shape index (κ3) is 2.50. The third-order valence-corrected chi connectivity index (χ3v) is 2.73. The molecule has 0 aromatic rings. The second-order valence-electron chi connectivity index (χ2n) is 3.60. The summed E-state index contributed by atoms with van der Waals surface area (Å²) < 4.78 is 5.09. The van der Waals surface area contributed by atoms with Crippen molar-refractivity contribution in [3.05, 3.63) is 0 Å². The molecule has 12 heavy (non-hydrogen) atoms. The second-order valence-corrected chi connectivity index (χ2v) is 3.60. The van der Waals surface area contributed by atoms with Gasteiger partial charge in [0.05, 0.1) is 0 Å². The van der Waals surface area contributed by atoms with Crippen LogP contribution in [0.15, 0.2) is 0 Å². The summed E-state index contributed by atoms with van der Waals surface area (Å²) in [6.45, 7) is 2.74. The highest BCUT2D eigenvalue weighted by atomic mass is 16.5. The Morgan fingerprint density at radius 3 is 2.67 bits per heavy atom. The molecule has 0 radical (unpaired) electrons. The van der Waals surface area contributed by atoms with Crippen molar-refractivity contribution < 1.29 is 9.53 Å². The van der Waals surface area contributed by atoms with Crippen LogP contribution in [0.4, 0.5) is 0 Å². The monoisotopic (exact) mass is 170 g/mol. The molecule has 0 heterocycles. The zero-order valence-corrected chi connectivity index (χ0v) is 7.79. The Hall–Kier alpha value is -0.530. The topological polar surface area (TPSA) is 26.3 Å². The molecule has 2 nitrogen and oxygen atoms in total. The highest BCUT2D eigenvalue weighted by Crippen LogP contribution is 2.30. The Morgan fingerprint density at radius 2 is 2.17 bits per heavy atom. The fraction of sp³-hybridized carbons (Fsp3) is 0.900. The molecular formula is C10H18O2. The van der Waals surface area contributed by atoms with Gasteiger partial charge in [-0.05, 0) is 25.2 Å². The Labute approximate surface area is 74.3 Å². The molecule has 0 aliphatic heterocycles. The fourth-order valence-electron chi connectivity index (χ4n) is 2.10. The minimum atomic E-state index is 0.204. The molecule has 70 valence electrons. The molecule has 0 N–H and O–H groups in total. The predicted molar refractivity (Wildman–Crippen MR) is 47.8 cm³/mol. The summed E-state index contributed by atoms with van der Waals surface area (Å²) in [7, 11) is 0. The van der Waals surface area contributed by atoms with Gasteiger partial charge >= 0.3 is 0 Å². The zero-order valence-electron chi connectivity index (χ0n) is 7.79. The van der Waals surface area contributed by atoms with Crippen LogP contribution in [0.2, 0.25) is 0 Å². The van der Waals surface area contributed by atoms with Crippen molar-refractivity contribution in [2.75, 3.05) is 0 Å². The summed E-state index contributed by atoms with van der Waals surface area (Å²) in [5.41, 5.74) is 0. The molecule has 1 aliphatic rings. The van der Waals surface area contributed by atoms with Crippen molar-refractivity contribution in [3.8, 4) is 0 Å². The molecule has 1 unspecified atom stereocenters. The normalized spacial score (nSPS) is 20.8. The fourth-order valence-corrected chi connectivity index (χ4v) is 2.10. The van der Waals surface area contributed by atoms with E-state index in [2.05, 4.69) is 6.92 Å². The predicted octanol–water partition coefficient (Wildman–Crippen LogP) is 2.52. The first-order chi connectivity index (χ1) is 5.88. The van der Waals surface area contributed by atoms with Crippen LogP contribution < -0.4 is 0 Å². The van der Waals surface area contributed by atoms with Crippen LogP contribution in [0.5, 0.6) is 0 Å². The first kappa shape index (κ1) is 9.56. The first-order valence-corrected chi connectivity index (χ1v) is 4.97. The molecule has 0 aromatic carbocycles. The van der Waals surface area contributed by atoms with Gasteiger partial charge in [-0.3, -0.25) is 4.79 Å². The molecule has 1 atom stereocenters. The van der Waals surface area contributed by atoms with Crippen molar-refractivity contribution in [2.45, 2.75) is 51.6 Å². The highest BCUT2D eigenvalue weighted by molar-refractivity contribution is 5.37. The van der Waals surface area contributed by atoms with Crippen LogP contribution in [0.1, 0.15) is 45.4 Å². The average Bonchev–Trinajstić information content (AvgIpc) is 2.56. The molecule has 1 rings (SSSR count). The number of rotatable bonds is 5. The SMILES string of the molecule is CCCC(OC=O)C1CCCC1. The van der Waals surface area contributed by atoms with Gasteiger partial charge in [-0.1, -0.05) is 26.2 Å². The van der Waals surface area contributed by atoms with E-state index in [9.17, 15) is 4.79 Å². The van der Waals surface area contributed by atoms with Crippen LogP contribution >= 0.6 is 0 Å². The van der Waals surface area contributed by atoms with Gasteiger partial charge in [-0.25, -0.2) is 0 Å². The minimum absolute atomic E-state index is 0.204. The van der Waals surface area contributed by atoms with E-state index in [0.29, 0.717) is 12.4 Å². The van der Waals surface area contributed by atoms with Crippen LogP contribution in [0.25, 0.3) is 0 Å². The average molecular weight is 170 g/mol. The Morgan fingerprint density at radius 1 is 1.50 bits per heavy atom. The molecule has 0 aromatic heterocycles. The van der Waals surface area contributed by atoms with Crippen molar-refractivity contribution in [2.24, 2.45) is 5.92 Å². The van der Waals surface area contributed by atoms with Crippen LogP contribution in [-0.2, 0) is 9.53 Å². The maximum atomic E-state index is 10.2. The van der Waals surface area contributed by atoms with Crippen molar-refractivity contribution in [1.82, 2.24) is 0 Å². The van der Waals surface area contributed by atoms with E-state index in [1.54, 1.807) is 0 Å². The molecule has 0 bridgehead atoms. The van der Waals surface area contributed by atoms with Gasteiger partial charge in [-0.2, -0.15) is 0 Å². The number of carbonyl (C=O) groups excluding carboxylic acids is 1. The van der Waals surface area contributed by atoms with Crippen LogP contribution in [0.3, 0.4) is 0 Å². The summed E-state index contributed by atoms with van der Waals surface area (Å²) in [5.74, 6) is 0.648. The molecule has 0 saturated heterocycles. The molecule has 2 heteroatoms. The molecule has 1 saturated carbocycles. The molecule has 1 aliphatic carbocycles. The maximum Gasteiger partial charge on any atom is 0.293 e. The van der Waals surface area contributed by atoms with E-state index < -0.39 is 0 Å². The second kappa shape index (κ2) is 5.18. The number of hydrogen-bond acceptors (Lipinski definition) is 2. The molecule has 1 fully saturated rings. The Balaban J connectivity index is 2.33. The van der Waals surface area contributed by atoms with E-state index >= 15 is 0 Å². The van der Waals surface area contributed by atoms with E-state index in [0.717, 1.165) is 12.8 Å². The van der Waals surface area contributed by atoms with Gasteiger partial charge in [0.25, 0.3) is 6.47 Å². The van der Waals surface area contributed by atoms with E-state index in [-0.39, 0.29) is 6.10 Å². The smallest absolute Gasteiger partial charge is 0.293 e. The Kier molecular flexibility index (Phi) is 4.12. The maximum absolute atomic E-state index is 10.2. The van der Waals surface area contributed by atoms with Gasteiger partial charge < -0.3 is 4.74 Å². The number of ether oxygens (including phenoxy) is 1. The molecule has 0 spiro atoms. The van der Waals surface area contributed by atoms with E-state index in [4.69, 9.17) is 4.74 Å². The lowest BCUT2D eigenvalue weighted by Gasteiger charge is -2.20. The highest BCUT2D eigenvalue weighted by Gasteiger charge is 2.25. The van der Waals surface area contributed by atoms with Crippen molar-refractivity contribution in [3.63, 3.8) is 0 Å². The summed E-state index contributed by atoms with van der Waals surface area (Å²) in [5, 5.41) is 0. The van der Waals surface area contributed by atoms with Crippen LogP contribution in [0, 0.1) is 5.92 Å². The number of hydrogen-bond donors (Lipinski definition) is 0. The summed E-state index contributed by atoms with van der Waals surface area (Å²) >= 11 is 0. The van der Waals surface area contributed by atoms with Gasteiger partial charge in [0.1, 0.15) is 6.10 Å².